The maximum Gasteiger partial charge on any atom is 2.00 e. The molecule has 418 valence electrons. The summed E-state index contributed by atoms with van der Waals surface area (Å²) >= 11 is 3.44. The van der Waals surface area contributed by atoms with Crippen molar-refractivity contribution in [2.24, 2.45) is 0 Å². The van der Waals surface area contributed by atoms with Crippen molar-refractivity contribution in [1.29, 1.82) is 0 Å². The number of aromatic nitrogens is 7. The van der Waals surface area contributed by atoms with Crippen LogP contribution in [-0.4, -0.2) is 34.7 Å². The Morgan fingerprint density at radius 3 is 1.38 bits per heavy atom. The van der Waals surface area contributed by atoms with Gasteiger partial charge in [0, 0.05) is 261 Å². The van der Waals surface area contributed by atoms with Gasteiger partial charge in [-0.15, -0.1) is 174 Å². The van der Waals surface area contributed by atoms with Gasteiger partial charge in [0.1, 0.15) is 11.5 Å². The van der Waals surface area contributed by atoms with Crippen LogP contribution in [0.2, 0.25) is 0 Å². The van der Waals surface area contributed by atoms with Gasteiger partial charge in [-0.2, -0.15) is 22.5 Å². The molecule has 8 nitrogen and oxygen atoms in total. The molecule has 0 saturated carbocycles. The van der Waals surface area contributed by atoms with Crippen molar-refractivity contribution in [1.82, 2.24) is 34.7 Å². The number of halogens is 2. The monoisotopic (exact) mass is 1780 g/mol. The summed E-state index contributed by atoms with van der Waals surface area (Å²) in [6, 6.07) is 95.3. The Morgan fingerprint density at radius 2 is 0.901 bits per heavy atom. The molecule has 91 heavy (non-hydrogen) atoms. The number of fused-ring (bicyclic) bond motifs is 3. The van der Waals surface area contributed by atoms with Crippen LogP contribution < -0.4 is 0 Å². The Labute approximate surface area is 701 Å². The second kappa shape index (κ2) is 47.1. The number of thiazole rings is 1. The fourth-order valence-corrected chi connectivity index (χ4v) is 9.62. The minimum atomic E-state index is -0.907. The molecule has 7 heterocycles. The molecule has 0 aliphatic carbocycles. The Kier molecular flexibility index (Phi) is 44.6. The van der Waals surface area contributed by atoms with E-state index in [-0.39, 0.29) is 228 Å². The summed E-state index contributed by atoms with van der Waals surface area (Å²) in [6.45, 7) is 0. The van der Waals surface area contributed by atoms with Crippen LogP contribution in [0.4, 0.5) is 8.78 Å². The summed E-state index contributed by atoms with van der Waals surface area (Å²) in [4.78, 5) is 22.8. The molecule has 0 N–H and O–H groups in total. The summed E-state index contributed by atoms with van der Waals surface area (Å²) in [7, 11) is 0. The number of benzene rings is 8. The van der Waals surface area contributed by atoms with E-state index in [0.717, 1.165) is 78.0 Å². The Balaban J connectivity index is 0.000000537. The second-order valence-corrected chi connectivity index (χ2v) is 19.3. The third kappa shape index (κ3) is 26.6. The summed E-state index contributed by atoms with van der Waals surface area (Å²) < 4.78 is 34.7. The fraction of sp³-hybridized carbons (Fsp3) is 0. The molecule has 0 aliphatic rings. The van der Waals surface area contributed by atoms with Gasteiger partial charge in [0.15, 0.2) is 0 Å². The Morgan fingerprint density at radius 1 is 0.418 bits per heavy atom. The van der Waals surface area contributed by atoms with Crippen LogP contribution in [0, 0.1) is 48.0 Å². The SMILES string of the molecule is Fc1c[c-]c(-n2cccn2)cc1F.[Y].[Y].[Y].[Y].[Zn+2].[Zn].[Zn].[Zn].[Zn].[c-]1c(-c2ccccn2)sc2ccccc12.[c-]1ccccc1-c1ccccn1.[c-]1ccccc1-c1ccccn1.[c-]1ccccc1-c1nc2ccccc2o1.[c-]1ccccc1-c1nc2ccccc2s1. The number of hydrogen-bond donors (Lipinski definition) is 0. The van der Waals surface area contributed by atoms with Crippen LogP contribution in [0.3, 0.4) is 0 Å². The first-order valence-electron chi connectivity index (χ1n) is 25.6. The van der Waals surface area contributed by atoms with Crippen LogP contribution >= 0.6 is 22.7 Å². The second-order valence-electron chi connectivity index (χ2n) is 17.2. The molecular formula is C70H45F2N7OS2Y4Zn5-4. The van der Waals surface area contributed by atoms with Gasteiger partial charge in [0.2, 0.25) is 0 Å². The third-order valence-electron chi connectivity index (χ3n) is 11.6. The zero-order valence-corrected chi connectivity index (χ0v) is 77.3. The topological polar surface area (TPSA) is 95.4 Å². The molecule has 4 radical (unpaired) electrons. The predicted octanol–water partition coefficient (Wildman–Crippen LogP) is 17.8. The zero-order valence-electron chi connectivity index (χ0n) is 49.4. The minimum Gasteiger partial charge on any atom is -0.481 e. The van der Waals surface area contributed by atoms with Crippen LogP contribution in [0.5, 0.6) is 0 Å². The number of hydrogen-bond acceptors (Lipinski definition) is 9. The average molecular weight is 1780 g/mol. The first kappa shape index (κ1) is 86.1. The van der Waals surface area contributed by atoms with Gasteiger partial charge >= 0.3 is 19.5 Å². The van der Waals surface area contributed by atoms with E-state index in [9.17, 15) is 8.78 Å². The van der Waals surface area contributed by atoms with Crippen LogP contribution in [0.15, 0.2) is 278 Å². The van der Waals surface area contributed by atoms with E-state index in [2.05, 4.69) is 90.7 Å². The van der Waals surface area contributed by atoms with Crippen molar-refractivity contribution in [3.8, 4) is 60.8 Å². The normalized spacial score (nSPS) is 9.30. The van der Waals surface area contributed by atoms with Gasteiger partial charge in [-0.1, -0.05) is 78.4 Å². The Bertz CT molecular complexity index is 3830. The minimum absolute atomic E-state index is 0. The van der Waals surface area contributed by atoms with Gasteiger partial charge < -0.3 is 19.4 Å². The molecule has 0 amide bonds. The molecule has 0 atom stereocenters. The number of para-hydroxylation sites is 3. The first-order valence-corrected chi connectivity index (χ1v) is 27.2. The van der Waals surface area contributed by atoms with Crippen molar-refractivity contribution in [2.75, 3.05) is 0 Å². The van der Waals surface area contributed by atoms with E-state index in [1.807, 2.05) is 206 Å². The predicted molar refractivity (Wildman–Crippen MR) is 325 cm³/mol. The molecule has 15 rings (SSSR count). The van der Waals surface area contributed by atoms with Gasteiger partial charge in [0.05, 0.1) is 16.9 Å². The third-order valence-corrected chi connectivity index (χ3v) is 13.8. The molecule has 7 aromatic heterocycles. The van der Waals surface area contributed by atoms with Crippen molar-refractivity contribution in [2.45, 2.75) is 0 Å². The van der Waals surface area contributed by atoms with Crippen molar-refractivity contribution >= 4 is 54.1 Å². The quantitative estimate of drug-likeness (QED) is 0.121. The zero-order chi connectivity index (χ0) is 56.0. The number of rotatable bonds is 6. The summed E-state index contributed by atoms with van der Waals surface area (Å²) in [5.74, 6) is -1.18. The molecule has 21 heteroatoms. The molecule has 0 unspecified atom stereocenters. The number of nitrogens with zero attached hydrogens (tertiary/aromatic N) is 7. The molecule has 15 aromatic rings. The van der Waals surface area contributed by atoms with Gasteiger partial charge in [-0.3, -0.25) is 19.0 Å². The molecule has 0 fully saturated rings. The van der Waals surface area contributed by atoms with E-state index in [1.165, 1.54) is 19.5 Å². The number of pyridine rings is 3. The Hall–Kier alpha value is -2.87. The average Bonchev–Trinajstić information content (AvgIpc) is 3.04. The maximum absolute atomic E-state index is 12.7. The van der Waals surface area contributed by atoms with Crippen LogP contribution in [-0.2, 0) is 228 Å². The molecule has 8 aromatic carbocycles. The fourth-order valence-electron chi connectivity index (χ4n) is 7.69. The van der Waals surface area contributed by atoms with Crippen LogP contribution in [0.1, 0.15) is 0 Å². The van der Waals surface area contributed by atoms with E-state index < -0.39 is 11.6 Å². The molecule has 0 aliphatic heterocycles. The van der Waals surface area contributed by atoms with E-state index in [4.69, 9.17) is 4.42 Å². The van der Waals surface area contributed by atoms with E-state index in [1.54, 1.807) is 53.5 Å². The van der Waals surface area contributed by atoms with Crippen molar-refractivity contribution < 1.29 is 241 Å². The van der Waals surface area contributed by atoms with Gasteiger partial charge in [-0.05, 0) is 75.2 Å². The van der Waals surface area contributed by atoms with Crippen molar-refractivity contribution in [3.05, 3.63) is 322 Å². The molecule has 0 spiro atoms. The maximum atomic E-state index is 12.7. The first-order chi connectivity index (χ1) is 40.5. The number of oxazole rings is 1. The van der Waals surface area contributed by atoms with Crippen LogP contribution in [0.25, 0.3) is 92.2 Å². The van der Waals surface area contributed by atoms with Crippen molar-refractivity contribution in [3.63, 3.8) is 0 Å². The van der Waals surface area contributed by atoms with Gasteiger partial charge in [0.25, 0.3) is 0 Å². The largest absolute Gasteiger partial charge is 2.00 e. The van der Waals surface area contributed by atoms with Gasteiger partial charge in [-0.25, -0.2) is 15.7 Å². The summed E-state index contributed by atoms with van der Waals surface area (Å²) in [5, 5.41) is 6.06. The molecular weight excluding hydrogens is 1740 g/mol. The summed E-state index contributed by atoms with van der Waals surface area (Å²) in [5.41, 5.74) is 10.1. The number of thiophene rings is 1. The molecule has 0 saturated heterocycles. The smallest absolute Gasteiger partial charge is 0.481 e. The van der Waals surface area contributed by atoms with E-state index in [0.29, 0.717) is 11.6 Å². The standard InChI is InChI=1S/C13H8NO.2C13H8NS.2C11H8N.C9H5F2N2.4Y.5Zn/c1-2-6-10(7-3-1)13-14-11-8-4-5-9-12(11)15-13;1-2-7-12-10(5-1)9-13(15-12)11-6-3-4-8-14-11;1-2-6-10(7-3-1)13-14-11-8-4-5-9-12(11)15-13;2*1-2-6-10(7-3-1)11-8-4-5-9-12-11;10-8-3-2-7(6-9(8)11)13-5-1-4-12-13;;;;;;;;;/h1-6,8-9H;1-8H;1-6,8-9H;2*1-6,8-9H;1,3-6H;;;;;;;;;/q6*-1;;;;;;;;;+2. The van der Waals surface area contributed by atoms with E-state index >= 15 is 0 Å². The molecule has 0 bridgehead atoms. The summed E-state index contributed by atoms with van der Waals surface area (Å²) in [6.07, 6.45) is 8.57.